The summed E-state index contributed by atoms with van der Waals surface area (Å²) in [6.07, 6.45) is -0.780. The Hall–Kier alpha value is -1.04. The fourth-order valence-corrected chi connectivity index (χ4v) is 2.11. The molecule has 0 aliphatic rings. The highest BCUT2D eigenvalue weighted by Crippen LogP contribution is 2.24. The van der Waals surface area contributed by atoms with Crippen molar-refractivity contribution in [1.82, 2.24) is 0 Å². The van der Waals surface area contributed by atoms with Crippen LogP contribution in [0.2, 0.25) is 0 Å². The van der Waals surface area contributed by atoms with E-state index in [1.54, 1.807) is 18.2 Å². The number of hydrogen-bond donors (Lipinski definition) is 3. The largest absolute Gasteiger partial charge is 0.478 e. The summed E-state index contributed by atoms with van der Waals surface area (Å²) >= 11 is 1.34. The maximum atomic E-state index is 10.8. The zero-order valence-electron chi connectivity index (χ0n) is 8.88. The van der Waals surface area contributed by atoms with Crippen molar-refractivity contribution < 1.29 is 20.1 Å². The molecule has 4 nitrogen and oxygen atoms in total. The molecular weight excluding hydrogens is 228 g/mol. The van der Waals surface area contributed by atoms with Crippen molar-refractivity contribution in [2.75, 3.05) is 12.4 Å². The van der Waals surface area contributed by atoms with Crippen LogP contribution < -0.4 is 0 Å². The molecule has 1 atom stereocenters. The molecule has 0 aliphatic carbocycles. The van der Waals surface area contributed by atoms with Gasteiger partial charge in [0.05, 0.1) is 18.3 Å². The van der Waals surface area contributed by atoms with Gasteiger partial charge in [-0.1, -0.05) is 6.07 Å². The first-order valence-electron chi connectivity index (χ1n) is 4.80. The third-order valence-electron chi connectivity index (χ3n) is 2.08. The minimum Gasteiger partial charge on any atom is -0.478 e. The predicted octanol–water partition coefficient (Wildman–Crippen LogP) is 1.14. The fourth-order valence-electron chi connectivity index (χ4n) is 1.13. The molecule has 0 bridgehead atoms. The molecule has 0 aromatic heterocycles. The second-order valence-electron chi connectivity index (χ2n) is 3.43. The van der Waals surface area contributed by atoms with Gasteiger partial charge < -0.3 is 15.3 Å². The molecule has 16 heavy (non-hydrogen) atoms. The number of aryl methyl sites for hydroxylation is 1. The first-order chi connectivity index (χ1) is 7.54. The van der Waals surface area contributed by atoms with Gasteiger partial charge in [0.1, 0.15) is 0 Å². The summed E-state index contributed by atoms with van der Waals surface area (Å²) in [6.45, 7) is 1.59. The van der Waals surface area contributed by atoms with Crippen molar-refractivity contribution in [3.05, 3.63) is 29.3 Å². The molecule has 1 aromatic rings. The highest BCUT2D eigenvalue weighted by Gasteiger charge is 2.08. The Morgan fingerprint density at radius 3 is 2.75 bits per heavy atom. The summed E-state index contributed by atoms with van der Waals surface area (Å²) < 4.78 is 0. The van der Waals surface area contributed by atoms with Crippen LogP contribution in [-0.2, 0) is 0 Å². The number of hydrogen-bond acceptors (Lipinski definition) is 4. The van der Waals surface area contributed by atoms with Crippen LogP contribution in [0.3, 0.4) is 0 Å². The molecule has 0 heterocycles. The summed E-state index contributed by atoms with van der Waals surface area (Å²) in [7, 11) is 0. The molecule has 0 saturated carbocycles. The summed E-state index contributed by atoms with van der Waals surface area (Å²) in [5, 5.41) is 26.7. The van der Waals surface area contributed by atoms with Crippen LogP contribution in [0.5, 0.6) is 0 Å². The zero-order valence-corrected chi connectivity index (χ0v) is 9.70. The minimum atomic E-state index is -0.968. The number of carboxylic acid groups (broad SMARTS) is 1. The van der Waals surface area contributed by atoms with Gasteiger partial charge in [0.2, 0.25) is 0 Å². The molecular formula is C11H14O4S. The van der Waals surface area contributed by atoms with Gasteiger partial charge in [-0.25, -0.2) is 4.79 Å². The van der Waals surface area contributed by atoms with E-state index < -0.39 is 12.1 Å². The molecule has 0 radical (unpaired) electrons. The van der Waals surface area contributed by atoms with Gasteiger partial charge in [0.15, 0.2) is 0 Å². The Balaban J connectivity index is 2.78. The second kappa shape index (κ2) is 5.89. The number of aromatic carboxylic acids is 1. The normalized spacial score (nSPS) is 12.4. The Morgan fingerprint density at radius 2 is 2.19 bits per heavy atom. The van der Waals surface area contributed by atoms with Crippen molar-refractivity contribution >= 4 is 17.7 Å². The molecule has 1 aromatic carbocycles. The quantitative estimate of drug-likeness (QED) is 0.675. The molecule has 1 rings (SSSR count). The summed E-state index contributed by atoms with van der Waals surface area (Å²) in [4.78, 5) is 11.6. The predicted molar refractivity (Wildman–Crippen MR) is 62.0 cm³/mol. The zero-order chi connectivity index (χ0) is 12.1. The van der Waals surface area contributed by atoms with Gasteiger partial charge >= 0.3 is 5.97 Å². The monoisotopic (exact) mass is 242 g/mol. The number of thioether (sulfide) groups is 1. The van der Waals surface area contributed by atoms with Crippen LogP contribution in [0.1, 0.15) is 15.9 Å². The highest BCUT2D eigenvalue weighted by molar-refractivity contribution is 7.99. The SMILES string of the molecule is Cc1ccc(C(=O)O)cc1SCC(O)CO. The van der Waals surface area contributed by atoms with Crippen LogP contribution in [0.25, 0.3) is 0 Å². The molecule has 1 unspecified atom stereocenters. The lowest BCUT2D eigenvalue weighted by Gasteiger charge is -2.09. The van der Waals surface area contributed by atoms with Crippen LogP contribution in [0.15, 0.2) is 23.1 Å². The van der Waals surface area contributed by atoms with Crippen molar-refractivity contribution in [1.29, 1.82) is 0 Å². The Morgan fingerprint density at radius 1 is 1.50 bits per heavy atom. The molecule has 88 valence electrons. The van der Waals surface area contributed by atoms with E-state index in [1.807, 2.05) is 6.92 Å². The third kappa shape index (κ3) is 3.52. The maximum absolute atomic E-state index is 10.8. The Labute approximate surface area is 97.9 Å². The number of benzene rings is 1. The topological polar surface area (TPSA) is 77.8 Å². The number of carboxylic acids is 1. The van der Waals surface area contributed by atoms with E-state index in [0.717, 1.165) is 10.5 Å². The van der Waals surface area contributed by atoms with Crippen molar-refractivity contribution in [3.8, 4) is 0 Å². The third-order valence-corrected chi connectivity index (χ3v) is 3.38. The fraction of sp³-hybridized carbons (Fsp3) is 0.364. The Bertz CT molecular complexity index is 378. The van der Waals surface area contributed by atoms with Gasteiger partial charge in [-0.3, -0.25) is 0 Å². The first kappa shape index (κ1) is 13.0. The molecule has 3 N–H and O–H groups in total. The van der Waals surface area contributed by atoms with Gasteiger partial charge in [-0.05, 0) is 24.6 Å². The average Bonchev–Trinajstić information content (AvgIpc) is 2.27. The van der Waals surface area contributed by atoms with E-state index in [1.165, 1.54) is 11.8 Å². The van der Waals surface area contributed by atoms with Crippen LogP contribution in [0, 0.1) is 6.92 Å². The van der Waals surface area contributed by atoms with E-state index in [9.17, 15) is 9.90 Å². The van der Waals surface area contributed by atoms with Gasteiger partial charge in [-0.15, -0.1) is 11.8 Å². The number of aliphatic hydroxyl groups is 2. The highest BCUT2D eigenvalue weighted by atomic mass is 32.2. The van der Waals surface area contributed by atoms with Crippen molar-refractivity contribution in [3.63, 3.8) is 0 Å². The van der Waals surface area contributed by atoms with Gasteiger partial charge in [0, 0.05) is 10.6 Å². The van der Waals surface area contributed by atoms with Crippen LogP contribution in [0.4, 0.5) is 0 Å². The Kier molecular flexibility index (Phi) is 4.79. The summed E-state index contributed by atoms with van der Waals surface area (Å²) in [5.74, 6) is -0.620. The number of rotatable bonds is 5. The smallest absolute Gasteiger partial charge is 0.335 e. The summed E-state index contributed by atoms with van der Waals surface area (Å²) in [5.41, 5.74) is 1.19. The standard InChI is InChI=1S/C11H14O4S/c1-7-2-3-8(11(14)15)4-10(7)16-6-9(13)5-12/h2-4,9,12-13H,5-6H2,1H3,(H,14,15). The van der Waals surface area contributed by atoms with E-state index in [4.69, 9.17) is 10.2 Å². The minimum absolute atomic E-state index is 0.228. The van der Waals surface area contributed by atoms with Crippen molar-refractivity contribution in [2.24, 2.45) is 0 Å². The maximum Gasteiger partial charge on any atom is 0.335 e. The van der Waals surface area contributed by atoms with E-state index in [0.29, 0.717) is 5.75 Å². The van der Waals surface area contributed by atoms with Crippen molar-refractivity contribution in [2.45, 2.75) is 17.9 Å². The number of aliphatic hydroxyl groups excluding tert-OH is 2. The lowest BCUT2D eigenvalue weighted by molar-refractivity contribution is 0.0696. The van der Waals surface area contributed by atoms with E-state index >= 15 is 0 Å². The molecule has 0 aliphatic heterocycles. The summed E-state index contributed by atoms with van der Waals surface area (Å²) in [6, 6.07) is 4.85. The molecule has 0 amide bonds. The number of carbonyl (C=O) groups is 1. The van der Waals surface area contributed by atoms with Gasteiger partial charge in [-0.2, -0.15) is 0 Å². The van der Waals surface area contributed by atoms with E-state index in [2.05, 4.69) is 0 Å². The lowest BCUT2D eigenvalue weighted by Crippen LogP contribution is -2.14. The molecule has 0 fully saturated rings. The molecule has 5 heteroatoms. The average molecular weight is 242 g/mol. The molecule has 0 saturated heterocycles. The molecule has 0 spiro atoms. The first-order valence-corrected chi connectivity index (χ1v) is 5.79. The lowest BCUT2D eigenvalue weighted by atomic mass is 10.1. The second-order valence-corrected chi connectivity index (χ2v) is 4.49. The van der Waals surface area contributed by atoms with E-state index in [-0.39, 0.29) is 12.2 Å². The van der Waals surface area contributed by atoms with Gasteiger partial charge in [0.25, 0.3) is 0 Å². The van der Waals surface area contributed by atoms with Crippen LogP contribution in [-0.4, -0.2) is 39.8 Å². The van der Waals surface area contributed by atoms with Crippen LogP contribution >= 0.6 is 11.8 Å².